The molecule has 2 heteroatoms. The van der Waals surface area contributed by atoms with Crippen molar-refractivity contribution in [2.24, 2.45) is 0 Å². The van der Waals surface area contributed by atoms with Crippen LogP contribution in [0.5, 0.6) is 0 Å². The van der Waals surface area contributed by atoms with E-state index in [0.717, 1.165) is 5.75 Å². The van der Waals surface area contributed by atoms with Gasteiger partial charge in [0.1, 0.15) is 0 Å². The summed E-state index contributed by atoms with van der Waals surface area (Å²) in [6, 6.07) is 0. The molecule has 0 N–H and O–H groups in total. The maximum atomic E-state index is 5.32. The van der Waals surface area contributed by atoms with E-state index in [1.54, 1.807) is 0 Å². The Morgan fingerprint density at radius 2 is 2.38 bits per heavy atom. The second-order valence-corrected chi connectivity index (χ2v) is 2.31. The van der Waals surface area contributed by atoms with E-state index in [9.17, 15) is 0 Å². The van der Waals surface area contributed by atoms with Crippen LogP contribution in [-0.4, -0.2) is 18.0 Å². The maximum absolute atomic E-state index is 5.32. The predicted octanol–water partition coefficient (Wildman–Crippen LogP) is 1.26. The van der Waals surface area contributed by atoms with E-state index in [1.165, 1.54) is 0 Å². The number of ether oxygens (including phenoxy) is 1. The van der Waals surface area contributed by atoms with E-state index >= 15 is 0 Å². The molecule has 0 aromatic carbocycles. The van der Waals surface area contributed by atoms with Gasteiger partial charge in [0.2, 0.25) is 0 Å². The van der Waals surface area contributed by atoms with Crippen molar-refractivity contribution in [2.75, 3.05) is 5.75 Å². The van der Waals surface area contributed by atoms with Gasteiger partial charge in [-0.05, 0) is 6.92 Å². The average molecular weight is 130 g/mol. The van der Waals surface area contributed by atoms with E-state index in [4.69, 9.17) is 4.74 Å². The van der Waals surface area contributed by atoms with Gasteiger partial charge in [0.25, 0.3) is 0 Å². The molecule has 1 aliphatic rings. The Bertz CT molecular complexity index is 101. The van der Waals surface area contributed by atoms with Gasteiger partial charge < -0.3 is 4.74 Å². The summed E-state index contributed by atoms with van der Waals surface area (Å²) in [7, 11) is 0. The molecule has 1 rings (SSSR count). The Kier molecular flexibility index (Phi) is 1.97. The highest BCUT2D eigenvalue weighted by molar-refractivity contribution is 7.80. The second-order valence-electron chi connectivity index (χ2n) is 1.95. The zero-order chi connectivity index (χ0) is 5.98. The highest BCUT2D eigenvalue weighted by Crippen LogP contribution is 2.10. The van der Waals surface area contributed by atoms with Gasteiger partial charge in [0.05, 0.1) is 12.2 Å². The zero-order valence-electron chi connectivity index (χ0n) is 4.87. The smallest absolute Gasteiger partial charge is 0.0852 e. The molecule has 0 amide bonds. The van der Waals surface area contributed by atoms with Crippen LogP contribution in [0.1, 0.15) is 6.92 Å². The minimum absolute atomic E-state index is 0.258. The number of hydrogen-bond donors (Lipinski definition) is 1. The molecule has 0 aliphatic carbocycles. The molecule has 1 nitrogen and oxygen atoms in total. The molecule has 1 heterocycles. The van der Waals surface area contributed by atoms with Crippen molar-refractivity contribution in [1.82, 2.24) is 0 Å². The Morgan fingerprint density at radius 1 is 1.62 bits per heavy atom. The lowest BCUT2D eigenvalue weighted by molar-refractivity contribution is 0.0859. The summed E-state index contributed by atoms with van der Waals surface area (Å²) >= 11 is 4.08. The zero-order valence-corrected chi connectivity index (χ0v) is 5.77. The highest BCUT2D eigenvalue weighted by Gasteiger charge is 2.12. The molecular formula is C6H10OS. The minimum Gasteiger partial charge on any atom is -0.366 e. The molecule has 8 heavy (non-hydrogen) atoms. The van der Waals surface area contributed by atoms with Gasteiger partial charge >= 0.3 is 0 Å². The third-order valence-electron chi connectivity index (χ3n) is 1.17. The van der Waals surface area contributed by atoms with E-state index in [1.807, 2.05) is 6.92 Å². The second kappa shape index (κ2) is 2.55. The summed E-state index contributed by atoms with van der Waals surface area (Å²) in [5.74, 6) is 0.792. The molecule has 0 spiro atoms. The Hall–Kier alpha value is 0.0500. The SMILES string of the molecule is CC1C=CC(CS)O1. The van der Waals surface area contributed by atoms with E-state index in [0.29, 0.717) is 6.10 Å². The van der Waals surface area contributed by atoms with Crippen LogP contribution in [0.2, 0.25) is 0 Å². The molecule has 0 aromatic heterocycles. The maximum Gasteiger partial charge on any atom is 0.0852 e. The fraction of sp³-hybridized carbons (Fsp3) is 0.667. The molecule has 0 aromatic rings. The molecule has 0 saturated carbocycles. The van der Waals surface area contributed by atoms with Crippen LogP contribution < -0.4 is 0 Å². The van der Waals surface area contributed by atoms with E-state index in [2.05, 4.69) is 24.8 Å². The molecule has 1 aliphatic heterocycles. The standard InChI is InChI=1S/C6H10OS/c1-5-2-3-6(4-8)7-5/h2-3,5-6,8H,4H2,1H3. The van der Waals surface area contributed by atoms with Crippen LogP contribution >= 0.6 is 12.6 Å². The summed E-state index contributed by atoms with van der Waals surface area (Å²) < 4.78 is 5.32. The largest absolute Gasteiger partial charge is 0.366 e. The summed E-state index contributed by atoms with van der Waals surface area (Å²) in [5, 5.41) is 0. The van der Waals surface area contributed by atoms with Crippen LogP contribution in [0.25, 0.3) is 0 Å². The van der Waals surface area contributed by atoms with Crippen LogP contribution in [0.3, 0.4) is 0 Å². The first-order valence-electron chi connectivity index (χ1n) is 2.77. The summed E-state index contributed by atoms with van der Waals surface area (Å²) in [5.41, 5.74) is 0. The summed E-state index contributed by atoms with van der Waals surface area (Å²) in [4.78, 5) is 0. The van der Waals surface area contributed by atoms with Crippen molar-refractivity contribution in [2.45, 2.75) is 19.1 Å². The molecule has 0 bridgehead atoms. The first-order chi connectivity index (χ1) is 3.83. The molecule has 0 fully saturated rings. The number of hydrogen-bond acceptors (Lipinski definition) is 2. The molecule has 2 atom stereocenters. The monoisotopic (exact) mass is 130 g/mol. The topological polar surface area (TPSA) is 9.23 Å². The lowest BCUT2D eigenvalue weighted by Crippen LogP contribution is -2.09. The van der Waals surface area contributed by atoms with Gasteiger partial charge in [0, 0.05) is 5.75 Å². The summed E-state index contributed by atoms with van der Waals surface area (Å²) in [6.07, 6.45) is 4.67. The Balaban J connectivity index is 2.34. The van der Waals surface area contributed by atoms with Gasteiger partial charge in [0.15, 0.2) is 0 Å². The number of thiol groups is 1. The van der Waals surface area contributed by atoms with E-state index < -0.39 is 0 Å². The van der Waals surface area contributed by atoms with Crippen molar-refractivity contribution in [3.05, 3.63) is 12.2 Å². The van der Waals surface area contributed by atoms with Crippen molar-refractivity contribution < 1.29 is 4.74 Å². The fourth-order valence-corrected chi connectivity index (χ4v) is 0.959. The van der Waals surface area contributed by atoms with Crippen LogP contribution in [0.15, 0.2) is 12.2 Å². The van der Waals surface area contributed by atoms with Crippen molar-refractivity contribution in [3.8, 4) is 0 Å². The molecule has 46 valence electrons. The van der Waals surface area contributed by atoms with Gasteiger partial charge in [-0.25, -0.2) is 0 Å². The fourth-order valence-electron chi connectivity index (χ4n) is 0.751. The van der Waals surface area contributed by atoms with Crippen molar-refractivity contribution in [1.29, 1.82) is 0 Å². The molecule has 2 unspecified atom stereocenters. The average Bonchev–Trinajstić information content (AvgIpc) is 2.14. The Morgan fingerprint density at radius 3 is 2.62 bits per heavy atom. The lowest BCUT2D eigenvalue weighted by atomic mass is 10.4. The predicted molar refractivity (Wildman–Crippen MR) is 37.3 cm³/mol. The minimum atomic E-state index is 0.258. The van der Waals surface area contributed by atoms with Crippen molar-refractivity contribution >= 4 is 12.6 Å². The van der Waals surface area contributed by atoms with Gasteiger partial charge in [-0.15, -0.1) is 0 Å². The first kappa shape index (κ1) is 6.17. The third kappa shape index (κ3) is 1.26. The normalized spacial score (nSPS) is 36.2. The van der Waals surface area contributed by atoms with Crippen LogP contribution in [0, 0.1) is 0 Å². The first-order valence-corrected chi connectivity index (χ1v) is 3.41. The Labute approximate surface area is 55.1 Å². The molecule has 0 saturated heterocycles. The van der Waals surface area contributed by atoms with Crippen LogP contribution in [0.4, 0.5) is 0 Å². The molecular weight excluding hydrogens is 120 g/mol. The third-order valence-corrected chi connectivity index (χ3v) is 1.53. The van der Waals surface area contributed by atoms with Gasteiger partial charge in [-0.1, -0.05) is 12.2 Å². The number of rotatable bonds is 1. The quantitative estimate of drug-likeness (QED) is 0.415. The van der Waals surface area contributed by atoms with E-state index in [-0.39, 0.29) is 6.10 Å². The molecule has 0 radical (unpaired) electrons. The van der Waals surface area contributed by atoms with Crippen LogP contribution in [-0.2, 0) is 4.74 Å². The van der Waals surface area contributed by atoms with Crippen molar-refractivity contribution in [3.63, 3.8) is 0 Å². The van der Waals surface area contributed by atoms with Gasteiger partial charge in [-0.3, -0.25) is 0 Å². The summed E-state index contributed by atoms with van der Waals surface area (Å²) in [6.45, 7) is 2.03. The lowest BCUT2D eigenvalue weighted by Gasteiger charge is -2.05. The van der Waals surface area contributed by atoms with Gasteiger partial charge in [-0.2, -0.15) is 12.6 Å². The highest BCUT2D eigenvalue weighted by atomic mass is 32.1.